The lowest BCUT2D eigenvalue weighted by Crippen LogP contribution is -1.91. The Morgan fingerprint density at radius 1 is 1.27 bits per heavy atom. The fourth-order valence-corrected chi connectivity index (χ4v) is 1.74. The summed E-state index contributed by atoms with van der Waals surface area (Å²) in [6, 6.07) is 11.9. The lowest BCUT2D eigenvalue weighted by Gasteiger charge is -2.07. The number of carbonyl (C=O) groups excluding carboxylic acids is 1. The average molecular weight is 200 g/mol. The third-order valence-electron chi connectivity index (χ3n) is 2.46. The van der Waals surface area contributed by atoms with Crippen molar-refractivity contribution < 1.29 is 9.53 Å². The van der Waals surface area contributed by atoms with Crippen LogP contribution in [0.2, 0.25) is 0 Å². The van der Waals surface area contributed by atoms with Crippen LogP contribution in [-0.2, 0) is 11.2 Å². The molecule has 0 bridgehead atoms. The van der Waals surface area contributed by atoms with E-state index in [9.17, 15) is 4.79 Å². The third kappa shape index (κ3) is 1.84. The van der Waals surface area contributed by atoms with Gasteiger partial charge < -0.3 is 9.53 Å². The van der Waals surface area contributed by atoms with E-state index in [0.29, 0.717) is 6.42 Å². The second-order valence-electron chi connectivity index (χ2n) is 3.38. The molecule has 2 nitrogen and oxygen atoms in total. The Balaban J connectivity index is 2.68. The molecule has 0 aliphatic rings. The standard InChI is InChI=1S/C13H12O2/c1-15-12-8-10-4-2-3-5-13(10)11(9-12)6-7-14/h2-5,7-9H,6H2,1H3. The number of aldehydes is 1. The molecule has 0 saturated carbocycles. The van der Waals surface area contributed by atoms with Gasteiger partial charge in [0.1, 0.15) is 12.0 Å². The maximum Gasteiger partial charge on any atom is 0.124 e. The molecule has 2 aromatic carbocycles. The lowest BCUT2D eigenvalue weighted by atomic mass is 10.0. The van der Waals surface area contributed by atoms with Crippen LogP contribution < -0.4 is 4.74 Å². The number of fused-ring (bicyclic) bond motifs is 1. The minimum absolute atomic E-state index is 0.428. The summed E-state index contributed by atoms with van der Waals surface area (Å²) < 4.78 is 5.19. The molecule has 0 atom stereocenters. The summed E-state index contributed by atoms with van der Waals surface area (Å²) in [7, 11) is 1.63. The van der Waals surface area contributed by atoms with Gasteiger partial charge in [-0.2, -0.15) is 0 Å². The van der Waals surface area contributed by atoms with E-state index in [-0.39, 0.29) is 0 Å². The van der Waals surface area contributed by atoms with Crippen LogP contribution in [0.4, 0.5) is 0 Å². The Hall–Kier alpha value is -1.83. The third-order valence-corrected chi connectivity index (χ3v) is 2.46. The monoisotopic (exact) mass is 200 g/mol. The van der Waals surface area contributed by atoms with Crippen LogP contribution in [0, 0.1) is 0 Å². The highest BCUT2D eigenvalue weighted by Crippen LogP contribution is 2.25. The number of hydrogen-bond acceptors (Lipinski definition) is 2. The van der Waals surface area contributed by atoms with Crippen molar-refractivity contribution in [1.29, 1.82) is 0 Å². The quantitative estimate of drug-likeness (QED) is 0.712. The number of carbonyl (C=O) groups is 1. The molecule has 0 N–H and O–H groups in total. The van der Waals surface area contributed by atoms with Gasteiger partial charge in [0.15, 0.2) is 0 Å². The van der Waals surface area contributed by atoms with Gasteiger partial charge >= 0.3 is 0 Å². The van der Waals surface area contributed by atoms with Crippen molar-refractivity contribution in [3.05, 3.63) is 42.0 Å². The Morgan fingerprint density at radius 2 is 2.07 bits per heavy atom. The van der Waals surface area contributed by atoms with Gasteiger partial charge in [-0.3, -0.25) is 0 Å². The van der Waals surface area contributed by atoms with Crippen molar-refractivity contribution >= 4 is 17.1 Å². The number of rotatable bonds is 3. The predicted octanol–water partition coefficient (Wildman–Crippen LogP) is 2.59. The molecule has 2 heteroatoms. The molecule has 2 rings (SSSR count). The number of ether oxygens (including phenoxy) is 1. The van der Waals surface area contributed by atoms with Gasteiger partial charge in [-0.15, -0.1) is 0 Å². The van der Waals surface area contributed by atoms with Crippen molar-refractivity contribution in [3.8, 4) is 5.75 Å². The van der Waals surface area contributed by atoms with Gasteiger partial charge in [-0.05, 0) is 28.5 Å². The van der Waals surface area contributed by atoms with Crippen molar-refractivity contribution in [2.24, 2.45) is 0 Å². The van der Waals surface area contributed by atoms with Crippen molar-refractivity contribution in [2.75, 3.05) is 7.11 Å². The van der Waals surface area contributed by atoms with Crippen LogP contribution in [-0.4, -0.2) is 13.4 Å². The fraction of sp³-hybridized carbons (Fsp3) is 0.154. The van der Waals surface area contributed by atoms with E-state index < -0.39 is 0 Å². The zero-order valence-corrected chi connectivity index (χ0v) is 8.57. The Labute approximate surface area is 88.5 Å². The first-order valence-electron chi connectivity index (χ1n) is 4.84. The zero-order chi connectivity index (χ0) is 10.7. The van der Waals surface area contributed by atoms with E-state index in [2.05, 4.69) is 0 Å². The second kappa shape index (κ2) is 4.13. The summed E-state index contributed by atoms with van der Waals surface area (Å²) in [5.41, 5.74) is 1.01. The molecular weight excluding hydrogens is 188 g/mol. The van der Waals surface area contributed by atoms with E-state index in [1.165, 1.54) is 0 Å². The lowest BCUT2D eigenvalue weighted by molar-refractivity contribution is -0.107. The van der Waals surface area contributed by atoms with Gasteiger partial charge in [-0.1, -0.05) is 24.3 Å². The van der Waals surface area contributed by atoms with Crippen LogP contribution in [0.1, 0.15) is 5.56 Å². The molecule has 0 unspecified atom stereocenters. The minimum atomic E-state index is 0.428. The number of benzene rings is 2. The largest absolute Gasteiger partial charge is 0.497 e. The van der Waals surface area contributed by atoms with Gasteiger partial charge in [0.25, 0.3) is 0 Å². The van der Waals surface area contributed by atoms with Gasteiger partial charge in [-0.25, -0.2) is 0 Å². The topological polar surface area (TPSA) is 26.3 Å². The maximum atomic E-state index is 10.6. The molecule has 0 aliphatic heterocycles. The summed E-state index contributed by atoms with van der Waals surface area (Å²) in [6.07, 6.45) is 1.35. The van der Waals surface area contributed by atoms with E-state index in [1.807, 2.05) is 36.4 Å². The van der Waals surface area contributed by atoms with Crippen LogP contribution in [0.5, 0.6) is 5.75 Å². The molecule has 0 saturated heterocycles. The second-order valence-corrected chi connectivity index (χ2v) is 3.38. The van der Waals surface area contributed by atoms with Gasteiger partial charge in [0.05, 0.1) is 7.11 Å². The predicted molar refractivity (Wildman–Crippen MR) is 60.3 cm³/mol. The average Bonchev–Trinajstić information content (AvgIpc) is 2.29. The summed E-state index contributed by atoms with van der Waals surface area (Å²) in [6.45, 7) is 0. The van der Waals surface area contributed by atoms with Crippen LogP contribution >= 0.6 is 0 Å². The van der Waals surface area contributed by atoms with Gasteiger partial charge in [0.2, 0.25) is 0 Å². The highest BCUT2D eigenvalue weighted by molar-refractivity contribution is 5.88. The smallest absolute Gasteiger partial charge is 0.124 e. The van der Waals surface area contributed by atoms with Gasteiger partial charge in [0, 0.05) is 6.42 Å². The number of methoxy groups -OCH3 is 1. The molecule has 0 amide bonds. The molecule has 0 aliphatic carbocycles. The molecule has 0 fully saturated rings. The Morgan fingerprint density at radius 3 is 2.80 bits per heavy atom. The van der Waals surface area contributed by atoms with E-state index in [0.717, 1.165) is 28.4 Å². The first-order valence-corrected chi connectivity index (χ1v) is 4.84. The summed E-state index contributed by atoms with van der Waals surface area (Å²) in [5, 5.41) is 2.22. The summed E-state index contributed by atoms with van der Waals surface area (Å²) in [5.74, 6) is 0.797. The first kappa shape index (κ1) is 9.71. The molecule has 76 valence electrons. The van der Waals surface area contributed by atoms with Crippen LogP contribution in [0.3, 0.4) is 0 Å². The Bertz CT molecular complexity index is 489. The van der Waals surface area contributed by atoms with Crippen LogP contribution in [0.15, 0.2) is 36.4 Å². The maximum absolute atomic E-state index is 10.6. The first-order chi connectivity index (χ1) is 7.35. The molecule has 0 radical (unpaired) electrons. The number of hydrogen-bond donors (Lipinski definition) is 0. The molecule has 0 heterocycles. The van der Waals surface area contributed by atoms with Crippen LogP contribution in [0.25, 0.3) is 10.8 Å². The van der Waals surface area contributed by atoms with E-state index >= 15 is 0 Å². The molecule has 15 heavy (non-hydrogen) atoms. The van der Waals surface area contributed by atoms with Crippen molar-refractivity contribution in [3.63, 3.8) is 0 Å². The zero-order valence-electron chi connectivity index (χ0n) is 8.57. The minimum Gasteiger partial charge on any atom is -0.497 e. The SMILES string of the molecule is COc1cc(CC=O)c2ccccc2c1. The molecule has 0 spiro atoms. The molecule has 0 aromatic heterocycles. The summed E-state index contributed by atoms with van der Waals surface area (Å²) in [4.78, 5) is 10.6. The van der Waals surface area contributed by atoms with Crippen molar-refractivity contribution in [1.82, 2.24) is 0 Å². The highest BCUT2D eigenvalue weighted by Gasteiger charge is 2.03. The van der Waals surface area contributed by atoms with E-state index in [4.69, 9.17) is 4.74 Å². The molecule has 2 aromatic rings. The normalized spacial score (nSPS) is 10.2. The highest BCUT2D eigenvalue weighted by atomic mass is 16.5. The van der Waals surface area contributed by atoms with Crippen molar-refractivity contribution in [2.45, 2.75) is 6.42 Å². The Kier molecular flexibility index (Phi) is 2.68. The summed E-state index contributed by atoms with van der Waals surface area (Å²) >= 11 is 0. The fourth-order valence-electron chi connectivity index (χ4n) is 1.74. The van der Waals surface area contributed by atoms with E-state index in [1.54, 1.807) is 7.11 Å². The molecular formula is C13H12O2.